The maximum atomic E-state index is 14.2. The number of nitrogens with zero attached hydrogens (tertiary/aromatic N) is 3. The van der Waals surface area contributed by atoms with Gasteiger partial charge in [0.15, 0.2) is 11.6 Å². The number of aromatic nitrogens is 2. The summed E-state index contributed by atoms with van der Waals surface area (Å²) in [5.41, 5.74) is 7.19. The van der Waals surface area contributed by atoms with Gasteiger partial charge in [-0.15, -0.1) is 0 Å². The highest BCUT2D eigenvalue weighted by molar-refractivity contribution is 5.74. The highest BCUT2D eigenvalue weighted by atomic mass is 19.1. The van der Waals surface area contributed by atoms with E-state index in [0.717, 1.165) is 17.6 Å². The molecule has 4 nitrogen and oxygen atoms in total. The second-order valence-corrected chi connectivity index (χ2v) is 4.41. The molecule has 3 rings (SSSR count). The Morgan fingerprint density at radius 3 is 1.90 bits per heavy atom. The summed E-state index contributed by atoms with van der Waals surface area (Å²) in [6.07, 6.45) is 1.08. The lowest BCUT2D eigenvalue weighted by molar-refractivity contribution is 0.616. The summed E-state index contributed by atoms with van der Waals surface area (Å²) < 4.78 is 14.2. The van der Waals surface area contributed by atoms with Gasteiger partial charge in [-0.1, -0.05) is 36.4 Å². The van der Waals surface area contributed by atoms with E-state index in [-0.39, 0.29) is 11.8 Å². The molecule has 104 valence electrons. The fourth-order valence-corrected chi connectivity index (χ4v) is 2.08. The minimum atomic E-state index is -0.531. The SMILES string of the molecule is Nc1ncc(F)c(N(c2ccccc2)c2ccccc2)n1. The van der Waals surface area contributed by atoms with Gasteiger partial charge >= 0.3 is 0 Å². The van der Waals surface area contributed by atoms with Crippen LogP contribution in [-0.4, -0.2) is 9.97 Å². The molecule has 0 aliphatic heterocycles. The normalized spacial score (nSPS) is 10.3. The fraction of sp³-hybridized carbons (Fsp3) is 0. The van der Waals surface area contributed by atoms with Crippen LogP contribution < -0.4 is 10.6 Å². The summed E-state index contributed by atoms with van der Waals surface area (Å²) in [4.78, 5) is 9.42. The second kappa shape index (κ2) is 5.58. The lowest BCUT2D eigenvalue weighted by atomic mass is 10.2. The number of halogens is 1. The Balaban J connectivity index is 2.20. The predicted molar refractivity (Wildman–Crippen MR) is 81.1 cm³/mol. The lowest BCUT2D eigenvalue weighted by Gasteiger charge is -2.24. The van der Waals surface area contributed by atoms with Crippen molar-refractivity contribution in [1.29, 1.82) is 0 Å². The van der Waals surface area contributed by atoms with E-state index in [4.69, 9.17) is 5.73 Å². The number of para-hydroxylation sites is 2. The Morgan fingerprint density at radius 1 is 0.857 bits per heavy atom. The number of hydrogen-bond donors (Lipinski definition) is 1. The van der Waals surface area contributed by atoms with Crippen LogP contribution in [0.25, 0.3) is 0 Å². The largest absolute Gasteiger partial charge is 0.368 e. The van der Waals surface area contributed by atoms with E-state index in [0.29, 0.717) is 0 Å². The average molecular weight is 280 g/mol. The van der Waals surface area contributed by atoms with Crippen LogP contribution in [-0.2, 0) is 0 Å². The minimum absolute atomic E-state index is 0.0308. The molecule has 1 aromatic heterocycles. The molecule has 0 saturated carbocycles. The average Bonchev–Trinajstić information content (AvgIpc) is 2.53. The van der Waals surface area contributed by atoms with Gasteiger partial charge in [-0.3, -0.25) is 4.90 Å². The molecule has 2 N–H and O–H groups in total. The van der Waals surface area contributed by atoms with E-state index in [1.807, 2.05) is 60.7 Å². The molecule has 0 bridgehead atoms. The Morgan fingerprint density at radius 2 is 1.38 bits per heavy atom. The van der Waals surface area contributed by atoms with Gasteiger partial charge < -0.3 is 5.73 Å². The van der Waals surface area contributed by atoms with Gasteiger partial charge in [-0.2, -0.15) is 4.98 Å². The number of nitrogens with two attached hydrogens (primary N) is 1. The highest BCUT2D eigenvalue weighted by Gasteiger charge is 2.18. The van der Waals surface area contributed by atoms with Crippen LogP contribution in [0, 0.1) is 5.82 Å². The number of nitrogen functional groups attached to an aromatic ring is 1. The molecule has 21 heavy (non-hydrogen) atoms. The highest BCUT2D eigenvalue weighted by Crippen LogP contribution is 2.34. The van der Waals surface area contributed by atoms with E-state index in [1.54, 1.807) is 4.90 Å². The zero-order chi connectivity index (χ0) is 14.7. The van der Waals surface area contributed by atoms with Gasteiger partial charge in [0.05, 0.1) is 6.20 Å². The Bertz CT molecular complexity index is 692. The Kier molecular flexibility index (Phi) is 3.47. The van der Waals surface area contributed by atoms with Gasteiger partial charge in [0.25, 0.3) is 0 Å². The quantitative estimate of drug-likeness (QED) is 0.795. The third-order valence-electron chi connectivity index (χ3n) is 2.98. The van der Waals surface area contributed by atoms with Gasteiger partial charge in [0, 0.05) is 11.4 Å². The van der Waals surface area contributed by atoms with Crippen molar-refractivity contribution in [2.24, 2.45) is 0 Å². The first kappa shape index (κ1) is 13.1. The molecule has 0 saturated heterocycles. The first-order valence-electron chi connectivity index (χ1n) is 6.44. The lowest BCUT2D eigenvalue weighted by Crippen LogP contribution is -2.14. The maximum Gasteiger partial charge on any atom is 0.222 e. The topological polar surface area (TPSA) is 55.0 Å². The van der Waals surface area contributed by atoms with Crippen LogP contribution in [0.4, 0.5) is 27.5 Å². The third kappa shape index (κ3) is 2.67. The van der Waals surface area contributed by atoms with Crippen LogP contribution >= 0.6 is 0 Å². The molecule has 0 fully saturated rings. The minimum Gasteiger partial charge on any atom is -0.368 e. The van der Waals surface area contributed by atoms with Crippen LogP contribution in [0.15, 0.2) is 66.9 Å². The van der Waals surface area contributed by atoms with Crippen molar-refractivity contribution < 1.29 is 4.39 Å². The summed E-state index contributed by atoms with van der Waals surface area (Å²) in [5.74, 6) is -0.375. The van der Waals surface area contributed by atoms with E-state index in [1.165, 1.54) is 0 Å². The zero-order valence-electron chi connectivity index (χ0n) is 11.1. The molecule has 5 heteroatoms. The summed E-state index contributed by atoms with van der Waals surface area (Å²) in [6, 6.07) is 18.8. The Labute approximate surface area is 121 Å². The first-order valence-corrected chi connectivity index (χ1v) is 6.44. The summed E-state index contributed by atoms with van der Waals surface area (Å²) in [7, 11) is 0. The number of benzene rings is 2. The number of rotatable bonds is 3. The van der Waals surface area contributed by atoms with Crippen molar-refractivity contribution in [1.82, 2.24) is 9.97 Å². The molecular formula is C16H13FN4. The predicted octanol–water partition coefficient (Wildman–Crippen LogP) is 3.67. The molecule has 0 radical (unpaired) electrons. The molecular weight excluding hydrogens is 267 g/mol. The van der Waals surface area contributed by atoms with Crippen LogP contribution in [0.5, 0.6) is 0 Å². The van der Waals surface area contributed by atoms with E-state index >= 15 is 0 Å². The van der Waals surface area contributed by atoms with Crippen molar-refractivity contribution in [2.75, 3.05) is 10.6 Å². The molecule has 0 atom stereocenters. The fourth-order valence-electron chi connectivity index (χ4n) is 2.08. The summed E-state index contributed by atoms with van der Waals surface area (Å²) in [6.45, 7) is 0. The third-order valence-corrected chi connectivity index (χ3v) is 2.98. The number of hydrogen-bond acceptors (Lipinski definition) is 4. The molecule has 1 heterocycles. The smallest absolute Gasteiger partial charge is 0.222 e. The van der Waals surface area contributed by atoms with Crippen molar-refractivity contribution in [3.8, 4) is 0 Å². The number of anilines is 4. The van der Waals surface area contributed by atoms with Crippen molar-refractivity contribution in [3.63, 3.8) is 0 Å². The molecule has 0 unspecified atom stereocenters. The monoisotopic (exact) mass is 280 g/mol. The van der Waals surface area contributed by atoms with E-state index < -0.39 is 5.82 Å². The maximum absolute atomic E-state index is 14.2. The van der Waals surface area contributed by atoms with E-state index in [2.05, 4.69) is 9.97 Å². The molecule has 0 spiro atoms. The molecule has 0 aliphatic carbocycles. The zero-order valence-corrected chi connectivity index (χ0v) is 11.1. The molecule has 0 amide bonds. The summed E-state index contributed by atoms with van der Waals surface area (Å²) in [5, 5.41) is 0. The standard InChI is InChI=1S/C16H13FN4/c17-14-11-19-16(18)20-15(14)21(12-7-3-1-4-8-12)13-9-5-2-6-10-13/h1-11H,(H2,18,19,20). The first-order chi connectivity index (χ1) is 10.3. The van der Waals surface area contributed by atoms with Crippen LogP contribution in [0.3, 0.4) is 0 Å². The van der Waals surface area contributed by atoms with Gasteiger partial charge in [0.1, 0.15) is 0 Å². The van der Waals surface area contributed by atoms with Crippen LogP contribution in [0.1, 0.15) is 0 Å². The van der Waals surface area contributed by atoms with Crippen LogP contribution in [0.2, 0.25) is 0 Å². The van der Waals surface area contributed by atoms with Crippen molar-refractivity contribution in [3.05, 3.63) is 72.7 Å². The molecule has 2 aromatic carbocycles. The van der Waals surface area contributed by atoms with E-state index in [9.17, 15) is 4.39 Å². The van der Waals surface area contributed by atoms with Crippen molar-refractivity contribution >= 4 is 23.1 Å². The molecule has 3 aromatic rings. The second-order valence-electron chi connectivity index (χ2n) is 4.41. The van der Waals surface area contributed by atoms with Crippen molar-refractivity contribution in [2.45, 2.75) is 0 Å². The molecule has 0 aliphatic rings. The van der Waals surface area contributed by atoms with Gasteiger partial charge in [-0.05, 0) is 24.3 Å². The summed E-state index contributed by atoms with van der Waals surface area (Å²) >= 11 is 0. The van der Waals surface area contributed by atoms with Gasteiger partial charge in [0.2, 0.25) is 5.95 Å². The Hall–Kier alpha value is -2.95. The van der Waals surface area contributed by atoms with Gasteiger partial charge in [-0.25, -0.2) is 9.37 Å².